The molecule has 0 spiro atoms. The molecule has 33 heavy (non-hydrogen) atoms. The van der Waals surface area contributed by atoms with E-state index in [9.17, 15) is 31.2 Å². The topological polar surface area (TPSA) is 126 Å². The summed E-state index contributed by atoms with van der Waals surface area (Å²) in [6.45, 7) is 1.48. The summed E-state index contributed by atoms with van der Waals surface area (Å²) in [6, 6.07) is 3.26. The number of hydrogen-bond acceptors (Lipinski definition) is 6. The van der Waals surface area contributed by atoms with Crippen LogP contribution in [0.5, 0.6) is 0 Å². The maximum atomic E-state index is 13.0. The molecule has 3 aromatic heterocycles. The Kier molecular flexibility index (Phi) is 5.78. The highest BCUT2D eigenvalue weighted by Crippen LogP contribution is 2.22. The van der Waals surface area contributed by atoms with Crippen molar-refractivity contribution in [1.82, 2.24) is 33.6 Å². The molecule has 1 aliphatic rings. The number of H-pyrrole nitrogens is 1. The third kappa shape index (κ3) is 4.64. The van der Waals surface area contributed by atoms with Gasteiger partial charge in [-0.05, 0) is 19.1 Å². The number of amides is 1. The van der Waals surface area contributed by atoms with Crippen LogP contribution in [0.15, 0.2) is 29.3 Å². The fourth-order valence-electron chi connectivity index (χ4n) is 3.57. The third-order valence-corrected chi connectivity index (χ3v) is 7.26. The Morgan fingerprint density at radius 2 is 1.91 bits per heavy atom. The van der Waals surface area contributed by atoms with E-state index in [0.29, 0.717) is 11.2 Å². The van der Waals surface area contributed by atoms with Gasteiger partial charge in [-0.25, -0.2) is 17.6 Å². The van der Waals surface area contributed by atoms with Crippen LogP contribution in [-0.4, -0.2) is 86.0 Å². The zero-order chi connectivity index (χ0) is 24.0. The van der Waals surface area contributed by atoms with Crippen molar-refractivity contribution >= 4 is 21.4 Å². The van der Waals surface area contributed by atoms with Crippen molar-refractivity contribution in [2.24, 2.45) is 0 Å². The van der Waals surface area contributed by atoms with Gasteiger partial charge in [0.2, 0.25) is 16.0 Å². The van der Waals surface area contributed by atoms with Gasteiger partial charge in [-0.15, -0.1) is 5.10 Å². The smallest absolute Gasteiger partial charge is 0.336 e. The van der Waals surface area contributed by atoms with E-state index >= 15 is 0 Å². The van der Waals surface area contributed by atoms with E-state index in [4.69, 9.17) is 0 Å². The second-order valence-electron chi connectivity index (χ2n) is 7.54. The molecule has 0 aromatic carbocycles. The average Bonchev–Trinajstić information content (AvgIpc) is 3.38. The van der Waals surface area contributed by atoms with Gasteiger partial charge in [0.1, 0.15) is 5.52 Å². The van der Waals surface area contributed by atoms with Crippen molar-refractivity contribution in [2.75, 3.05) is 31.9 Å². The van der Waals surface area contributed by atoms with Gasteiger partial charge in [0, 0.05) is 32.4 Å². The molecule has 3 aromatic rings. The van der Waals surface area contributed by atoms with E-state index in [2.05, 4.69) is 15.2 Å². The van der Waals surface area contributed by atoms with Crippen molar-refractivity contribution in [2.45, 2.75) is 19.5 Å². The molecule has 0 aliphatic carbocycles. The Labute approximate surface area is 185 Å². The molecular weight excluding hydrogens is 467 g/mol. The van der Waals surface area contributed by atoms with Crippen molar-refractivity contribution in [3.63, 3.8) is 0 Å². The molecule has 1 fully saturated rings. The number of halogens is 3. The largest absolute Gasteiger partial charge is 0.390 e. The zero-order valence-corrected chi connectivity index (χ0v) is 18.2. The van der Waals surface area contributed by atoms with Crippen molar-refractivity contribution < 1.29 is 26.4 Å². The molecule has 4 heterocycles. The summed E-state index contributed by atoms with van der Waals surface area (Å²) in [5, 5.41) is 8.41. The van der Waals surface area contributed by atoms with Crippen LogP contribution in [0.4, 0.5) is 13.2 Å². The number of nitrogens with zero attached hydrogens (tertiary/aromatic N) is 6. The molecule has 1 N–H and O–H groups in total. The maximum absolute atomic E-state index is 13.0. The Balaban J connectivity index is 1.47. The van der Waals surface area contributed by atoms with E-state index < -0.39 is 34.3 Å². The molecule has 1 aliphatic heterocycles. The predicted octanol–water partition coefficient (Wildman–Crippen LogP) is 0.557. The maximum Gasteiger partial charge on any atom is 0.390 e. The first-order chi connectivity index (χ1) is 15.5. The van der Waals surface area contributed by atoms with Crippen LogP contribution in [0.3, 0.4) is 0 Å². The molecule has 0 saturated carbocycles. The molecule has 0 radical (unpaired) electrons. The number of hydrogen-bond donors (Lipinski definition) is 1. The first-order valence-corrected chi connectivity index (χ1v) is 11.5. The van der Waals surface area contributed by atoms with Crippen LogP contribution in [0.2, 0.25) is 0 Å². The molecule has 15 heteroatoms. The molecule has 0 unspecified atom stereocenters. The number of alkyl halides is 3. The summed E-state index contributed by atoms with van der Waals surface area (Å²) in [5.74, 6) is -1.32. The van der Waals surface area contributed by atoms with E-state index in [-0.39, 0.29) is 43.3 Å². The number of nitrogens with one attached hydrogen (secondary N) is 1. The van der Waals surface area contributed by atoms with Gasteiger partial charge in [-0.1, -0.05) is 0 Å². The summed E-state index contributed by atoms with van der Waals surface area (Å²) in [7, 11) is -4.07. The number of piperazine rings is 1. The highest BCUT2D eigenvalue weighted by molar-refractivity contribution is 7.89. The number of rotatable bonds is 5. The fraction of sp³-hybridized carbons (Fsp3) is 0.444. The quantitative estimate of drug-likeness (QED) is 0.561. The fourth-order valence-corrected chi connectivity index (χ4v) is 5.04. The van der Waals surface area contributed by atoms with Gasteiger partial charge >= 0.3 is 6.18 Å². The predicted molar refractivity (Wildman–Crippen MR) is 110 cm³/mol. The van der Waals surface area contributed by atoms with Gasteiger partial charge in [-0.2, -0.15) is 22.6 Å². The zero-order valence-electron chi connectivity index (χ0n) is 17.4. The van der Waals surface area contributed by atoms with Crippen molar-refractivity contribution in [1.29, 1.82) is 0 Å². The minimum atomic E-state index is -4.56. The standard InChI is InChI=1S/C18H20F3N7O4S/c1-12-13(11-22-28(12)17-23-15(29)14-3-2-5-27(14)24-17)16(30)25-6-8-26(9-7-25)33(31,32)10-4-18(19,20)21/h2-3,5,11H,4,6-10H2,1H3,(H,23,24,29). The highest BCUT2D eigenvalue weighted by atomic mass is 32.2. The lowest BCUT2D eigenvalue weighted by molar-refractivity contribution is -0.130. The van der Waals surface area contributed by atoms with Crippen LogP contribution in [-0.2, 0) is 10.0 Å². The first kappa shape index (κ1) is 23.0. The molecule has 1 amide bonds. The summed E-state index contributed by atoms with van der Waals surface area (Å²) < 4.78 is 65.2. The Bertz CT molecular complexity index is 1350. The number of sulfonamides is 1. The van der Waals surface area contributed by atoms with Crippen molar-refractivity contribution in [3.8, 4) is 5.95 Å². The number of fused-ring (bicyclic) bond motifs is 1. The highest BCUT2D eigenvalue weighted by Gasteiger charge is 2.35. The molecular formula is C18H20F3N7O4S. The van der Waals surface area contributed by atoms with Crippen LogP contribution < -0.4 is 5.56 Å². The van der Waals surface area contributed by atoms with Gasteiger partial charge in [0.15, 0.2) is 0 Å². The molecule has 0 bridgehead atoms. The Morgan fingerprint density at radius 3 is 2.58 bits per heavy atom. The van der Waals surface area contributed by atoms with Crippen LogP contribution in [0.1, 0.15) is 22.5 Å². The van der Waals surface area contributed by atoms with Crippen LogP contribution in [0.25, 0.3) is 11.5 Å². The van der Waals surface area contributed by atoms with Gasteiger partial charge in [-0.3, -0.25) is 14.6 Å². The SMILES string of the molecule is Cc1c(C(=O)N2CCN(S(=O)(=O)CCC(F)(F)F)CC2)cnn1-c1nn2cccc2c(=O)[nH]1. The lowest BCUT2D eigenvalue weighted by Crippen LogP contribution is -2.51. The number of aromatic amines is 1. The summed E-state index contributed by atoms with van der Waals surface area (Å²) in [5.41, 5.74) is 0.618. The lowest BCUT2D eigenvalue weighted by atomic mass is 10.2. The third-order valence-electron chi connectivity index (χ3n) is 5.39. The summed E-state index contributed by atoms with van der Waals surface area (Å²) >= 11 is 0. The minimum Gasteiger partial charge on any atom is -0.336 e. The summed E-state index contributed by atoms with van der Waals surface area (Å²) in [6.07, 6.45) is -3.06. The average molecular weight is 487 g/mol. The second-order valence-corrected chi connectivity index (χ2v) is 9.63. The second kappa shape index (κ2) is 8.30. The number of carbonyl (C=O) groups excluding carboxylic acids is 1. The number of carbonyl (C=O) groups is 1. The summed E-state index contributed by atoms with van der Waals surface area (Å²) in [4.78, 5) is 29.2. The van der Waals surface area contributed by atoms with Crippen LogP contribution in [0, 0.1) is 6.92 Å². The van der Waals surface area contributed by atoms with Crippen LogP contribution >= 0.6 is 0 Å². The van der Waals surface area contributed by atoms with Gasteiger partial charge in [0.25, 0.3) is 11.5 Å². The van der Waals surface area contributed by atoms with Gasteiger partial charge < -0.3 is 4.90 Å². The van der Waals surface area contributed by atoms with Crippen molar-refractivity contribution in [3.05, 3.63) is 46.1 Å². The van der Waals surface area contributed by atoms with E-state index in [1.54, 1.807) is 25.3 Å². The number of aromatic nitrogens is 5. The lowest BCUT2D eigenvalue weighted by Gasteiger charge is -2.34. The molecule has 4 rings (SSSR count). The molecule has 1 saturated heterocycles. The minimum absolute atomic E-state index is 0.0269. The van der Waals surface area contributed by atoms with E-state index in [1.165, 1.54) is 20.3 Å². The monoisotopic (exact) mass is 487 g/mol. The Morgan fingerprint density at radius 1 is 1.21 bits per heavy atom. The normalized spacial score (nSPS) is 15.9. The first-order valence-electron chi connectivity index (χ1n) is 9.93. The van der Waals surface area contributed by atoms with Gasteiger partial charge in [0.05, 0.1) is 29.6 Å². The van der Waals surface area contributed by atoms with E-state index in [0.717, 1.165) is 4.31 Å². The molecule has 11 nitrogen and oxygen atoms in total. The van der Waals surface area contributed by atoms with E-state index in [1.807, 2.05) is 0 Å². The Hall–Kier alpha value is -3.20. The molecule has 0 atom stereocenters. The molecule has 178 valence electrons.